The molecular formula is C19H23ClN6O4S. The number of sulfonamides is 1. The summed E-state index contributed by atoms with van der Waals surface area (Å²) >= 11 is 6.37. The Hall–Kier alpha value is -2.53. The smallest absolute Gasteiger partial charge is 0.340 e. The minimum atomic E-state index is -3.93. The number of fused-ring (bicyclic) bond motifs is 3. The van der Waals surface area contributed by atoms with Crippen LogP contribution < -0.4 is 4.90 Å². The summed E-state index contributed by atoms with van der Waals surface area (Å²) in [5, 5.41) is 11.5. The van der Waals surface area contributed by atoms with Gasteiger partial charge in [0.1, 0.15) is 10.7 Å². The molecule has 0 aliphatic carbocycles. The molecule has 0 radical (unpaired) electrons. The summed E-state index contributed by atoms with van der Waals surface area (Å²) in [5.74, 6) is 0.177. The van der Waals surface area contributed by atoms with Gasteiger partial charge >= 0.3 is 5.97 Å². The van der Waals surface area contributed by atoms with Crippen LogP contribution in [0.1, 0.15) is 61.6 Å². The van der Waals surface area contributed by atoms with Crippen molar-refractivity contribution in [3.63, 3.8) is 0 Å². The minimum absolute atomic E-state index is 0.0370. The predicted octanol–water partition coefficient (Wildman–Crippen LogP) is 2.96. The van der Waals surface area contributed by atoms with Gasteiger partial charge < -0.3 is 9.64 Å². The summed E-state index contributed by atoms with van der Waals surface area (Å²) in [7, 11) is -3.93. The number of hydrogen-bond acceptors (Lipinski definition) is 8. The maximum Gasteiger partial charge on any atom is 0.340 e. The molecule has 1 aromatic heterocycles. The first kappa shape index (κ1) is 21.7. The Kier molecular flexibility index (Phi) is 6.24. The van der Waals surface area contributed by atoms with Crippen molar-refractivity contribution in [2.45, 2.75) is 63.5 Å². The van der Waals surface area contributed by atoms with Crippen molar-refractivity contribution >= 4 is 39.1 Å². The number of tetrazole rings is 1. The van der Waals surface area contributed by atoms with Crippen LogP contribution in [0.2, 0.25) is 5.02 Å². The molecule has 0 bridgehead atoms. The molecule has 2 aliphatic heterocycles. The van der Waals surface area contributed by atoms with Gasteiger partial charge in [0, 0.05) is 19.5 Å². The van der Waals surface area contributed by atoms with E-state index in [-0.39, 0.29) is 22.1 Å². The number of rotatable bonds is 6. The third-order valence-corrected chi connectivity index (χ3v) is 6.96. The molecule has 31 heavy (non-hydrogen) atoms. The van der Waals surface area contributed by atoms with E-state index < -0.39 is 16.0 Å². The monoisotopic (exact) mass is 466 g/mol. The van der Waals surface area contributed by atoms with E-state index in [2.05, 4.69) is 26.8 Å². The average molecular weight is 467 g/mol. The molecule has 166 valence electrons. The Balaban J connectivity index is 1.59. The number of carbonyl (C=O) groups is 1. The van der Waals surface area contributed by atoms with Crippen LogP contribution in [-0.4, -0.2) is 47.0 Å². The minimum Gasteiger partial charge on any atom is -0.454 e. The number of benzene rings is 1. The number of aryl methyl sites for hydroxylation is 1. The molecule has 0 unspecified atom stereocenters. The summed E-state index contributed by atoms with van der Waals surface area (Å²) in [4.78, 5) is 14.5. The molecule has 2 aromatic rings. The summed E-state index contributed by atoms with van der Waals surface area (Å²) in [6.07, 6.45) is 5.26. The molecule has 0 amide bonds. The number of aromatic nitrogens is 4. The summed E-state index contributed by atoms with van der Waals surface area (Å²) < 4.78 is 36.4. The second-order valence-electron chi connectivity index (χ2n) is 7.49. The van der Waals surface area contributed by atoms with Gasteiger partial charge in [0.25, 0.3) is 10.0 Å². The number of nitrogens with zero attached hydrogens (tertiary/aromatic N) is 6. The molecule has 2 aliphatic rings. The number of halogens is 1. The first-order valence-electron chi connectivity index (χ1n) is 10.3. The van der Waals surface area contributed by atoms with E-state index in [0.29, 0.717) is 36.9 Å². The third kappa shape index (κ3) is 4.42. The van der Waals surface area contributed by atoms with Gasteiger partial charge in [-0.3, -0.25) is 0 Å². The number of hydrogen-bond donors (Lipinski definition) is 0. The van der Waals surface area contributed by atoms with Crippen LogP contribution in [0.5, 0.6) is 0 Å². The zero-order chi connectivity index (χ0) is 22.0. The Morgan fingerprint density at radius 2 is 2.10 bits per heavy atom. The van der Waals surface area contributed by atoms with Crippen LogP contribution in [-0.2, 0) is 27.9 Å². The third-order valence-electron chi connectivity index (χ3n) is 5.32. The molecule has 0 atom stereocenters. The van der Waals surface area contributed by atoms with E-state index in [1.807, 2.05) is 4.90 Å². The standard InChI is InChI=1S/C19H23ClN6O4S/c1-2-3-9-26-18(21-23-24-26)12-30-19(27)13-10-16-15(11-14(13)20)25-8-6-4-5-7-17(25)22-31(16,28)29/h10-11H,2-9,12H2,1H3. The van der Waals surface area contributed by atoms with Gasteiger partial charge in [-0.15, -0.1) is 9.50 Å². The van der Waals surface area contributed by atoms with Crippen LogP contribution >= 0.6 is 11.6 Å². The van der Waals surface area contributed by atoms with E-state index in [4.69, 9.17) is 16.3 Å². The highest BCUT2D eigenvalue weighted by Crippen LogP contribution is 2.38. The van der Waals surface area contributed by atoms with Gasteiger partial charge in [0.2, 0.25) is 0 Å². The average Bonchev–Trinajstić information content (AvgIpc) is 3.05. The molecule has 12 heteroatoms. The Labute approximate surface area is 185 Å². The molecule has 10 nitrogen and oxygen atoms in total. The van der Waals surface area contributed by atoms with Gasteiger partial charge in [-0.25, -0.2) is 9.48 Å². The molecule has 0 saturated carbocycles. The van der Waals surface area contributed by atoms with Crippen molar-refractivity contribution < 1.29 is 17.9 Å². The second kappa shape index (κ2) is 8.91. The van der Waals surface area contributed by atoms with E-state index in [0.717, 1.165) is 32.1 Å². The number of esters is 1. The Morgan fingerprint density at radius 3 is 2.90 bits per heavy atom. The van der Waals surface area contributed by atoms with Gasteiger partial charge in [-0.05, 0) is 41.8 Å². The van der Waals surface area contributed by atoms with E-state index >= 15 is 0 Å². The molecule has 1 fully saturated rings. The molecule has 1 aromatic carbocycles. The zero-order valence-electron chi connectivity index (χ0n) is 17.1. The van der Waals surface area contributed by atoms with Crippen LogP contribution in [0, 0.1) is 0 Å². The van der Waals surface area contributed by atoms with Crippen molar-refractivity contribution in [3.05, 3.63) is 28.5 Å². The summed E-state index contributed by atoms with van der Waals surface area (Å²) in [6.45, 7) is 3.17. The van der Waals surface area contributed by atoms with Crippen LogP contribution in [0.25, 0.3) is 0 Å². The quantitative estimate of drug-likeness (QED) is 0.596. The SMILES string of the molecule is CCCCn1nnnc1COC(=O)c1cc2c(cc1Cl)N1CCCCCC1=NS2(=O)=O. The largest absolute Gasteiger partial charge is 0.454 e. The Bertz CT molecular complexity index is 1130. The second-order valence-corrected chi connectivity index (χ2v) is 9.47. The number of ether oxygens (including phenoxy) is 1. The highest BCUT2D eigenvalue weighted by atomic mass is 35.5. The van der Waals surface area contributed by atoms with Crippen LogP contribution in [0.15, 0.2) is 21.4 Å². The Morgan fingerprint density at radius 1 is 1.26 bits per heavy atom. The zero-order valence-corrected chi connectivity index (χ0v) is 18.7. The normalized spacial score (nSPS) is 17.4. The van der Waals surface area contributed by atoms with Gasteiger partial charge in [-0.2, -0.15) is 8.42 Å². The molecule has 3 heterocycles. The molecule has 4 rings (SSSR count). The van der Waals surface area contributed by atoms with Crippen molar-refractivity contribution in [1.29, 1.82) is 0 Å². The fourth-order valence-electron chi connectivity index (χ4n) is 3.67. The highest BCUT2D eigenvalue weighted by molar-refractivity contribution is 7.90. The lowest BCUT2D eigenvalue weighted by Crippen LogP contribution is -2.35. The molecular weight excluding hydrogens is 444 g/mol. The number of carbonyl (C=O) groups excluding carboxylic acids is 1. The lowest BCUT2D eigenvalue weighted by atomic mass is 10.1. The summed E-state index contributed by atoms with van der Waals surface area (Å²) in [5.41, 5.74) is 0.419. The van der Waals surface area contributed by atoms with Crippen LogP contribution in [0.4, 0.5) is 5.69 Å². The number of unbranched alkanes of at least 4 members (excludes halogenated alkanes) is 1. The first-order chi connectivity index (χ1) is 14.9. The first-order valence-corrected chi connectivity index (χ1v) is 12.1. The van der Waals surface area contributed by atoms with Crippen LogP contribution in [0.3, 0.4) is 0 Å². The molecule has 0 N–H and O–H groups in total. The van der Waals surface area contributed by atoms with Crippen molar-refractivity contribution in [1.82, 2.24) is 20.2 Å². The van der Waals surface area contributed by atoms with E-state index in [9.17, 15) is 13.2 Å². The maximum atomic E-state index is 12.8. The highest BCUT2D eigenvalue weighted by Gasteiger charge is 2.33. The van der Waals surface area contributed by atoms with Crippen molar-refractivity contribution in [2.24, 2.45) is 4.40 Å². The van der Waals surface area contributed by atoms with Gasteiger partial charge in [0.15, 0.2) is 12.4 Å². The van der Waals surface area contributed by atoms with Crippen molar-refractivity contribution in [3.8, 4) is 0 Å². The summed E-state index contributed by atoms with van der Waals surface area (Å²) in [6, 6.07) is 2.76. The maximum absolute atomic E-state index is 12.8. The lowest BCUT2D eigenvalue weighted by Gasteiger charge is -2.30. The number of anilines is 1. The van der Waals surface area contributed by atoms with E-state index in [1.54, 1.807) is 4.68 Å². The van der Waals surface area contributed by atoms with E-state index in [1.165, 1.54) is 12.1 Å². The van der Waals surface area contributed by atoms with Gasteiger partial charge in [-0.1, -0.05) is 31.4 Å². The fourth-order valence-corrected chi connectivity index (χ4v) is 5.17. The topological polar surface area (TPSA) is 120 Å². The number of amidine groups is 1. The predicted molar refractivity (Wildman–Crippen MR) is 114 cm³/mol. The molecule has 1 saturated heterocycles. The van der Waals surface area contributed by atoms with Crippen molar-refractivity contribution in [2.75, 3.05) is 11.4 Å². The van der Waals surface area contributed by atoms with Gasteiger partial charge in [0.05, 0.1) is 16.3 Å². The fraction of sp³-hybridized carbons (Fsp3) is 0.526. The lowest BCUT2D eigenvalue weighted by molar-refractivity contribution is 0.0456. The molecule has 0 spiro atoms.